The molecule has 3 rings (SSSR count). The molecule has 0 saturated carbocycles. The number of aryl methyl sites for hydroxylation is 2. The first kappa shape index (κ1) is 18.9. The van der Waals surface area contributed by atoms with Gasteiger partial charge >= 0.3 is 0 Å². The third-order valence-electron chi connectivity index (χ3n) is 3.97. The molecule has 0 atom stereocenters. The molecule has 0 bridgehead atoms. The summed E-state index contributed by atoms with van der Waals surface area (Å²) in [7, 11) is 0. The second kappa shape index (κ2) is 8.22. The SMILES string of the molecule is Cc1ccc(/C=C2/SC(=O)N(CCNC(=O)Cn3cc(C)cn3)C2=O)cc1. The molecule has 3 amide bonds. The second-order valence-electron chi connectivity index (χ2n) is 6.31. The smallest absolute Gasteiger partial charge is 0.293 e. The van der Waals surface area contributed by atoms with Gasteiger partial charge in [-0.1, -0.05) is 29.8 Å². The predicted octanol–water partition coefficient (Wildman–Crippen LogP) is 2.35. The number of amides is 3. The Morgan fingerprint density at radius 3 is 2.59 bits per heavy atom. The average molecular weight is 384 g/mol. The van der Waals surface area contributed by atoms with Gasteiger partial charge in [0, 0.05) is 19.3 Å². The normalized spacial score (nSPS) is 15.6. The van der Waals surface area contributed by atoms with Crippen LogP contribution in [0.4, 0.5) is 4.79 Å². The third kappa shape index (κ3) is 4.85. The highest BCUT2D eigenvalue weighted by molar-refractivity contribution is 8.18. The van der Waals surface area contributed by atoms with Crippen molar-refractivity contribution in [1.29, 1.82) is 0 Å². The lowest BCUT2D eigenvalue weighted by atomic mass is 10.1. The first-order valence-corrected chi connectivity index (χ1v) is 9.32. The van der Waals surface area contributed by atoms with Gasteiger partial charge in [-0.2, -0.15) is 5.10 Å². The van der Waals surface area contributed by atoms with E-state index in [9.17, 15) is 14.4 Å². The molecule has 1 aliphatic heterocycles. The summed E-state index contributed by atoms with van der Waals surface area (Å²) >= 11 is 0.917. The van der Waals surface area contributed by atoms with E-state index in [0.717, 1.165) is 33.4 Å². The zero-order chi connectivity index (χ0) is 19.4. The minimum atomic E-state index is -0.331. The lowest BCUT2D eigenvalue weighted by Gasteiger charge is -2.13. The first-order chi connectivity index (χ1) is 12.9. The predicted molar refractivity (Wildman–Crippen MR) is 104 cm³/mol. The lowest BCUT2D eigenvalue weighted by Crippen LogP contribution is -2.38. The maximum absolute atomic E-state index is 12.4. The molecule has 2 heterocycles. The second-order valence-corrected chi connectivity index (χ2v) is 7.30. The molecule has 0 aliphatic carbocycles. The van der Waals surface area contributed by atoms with Crippen molar-refractivity contribution in [3.8, 4) is 0 Å². The van der Waals surface area contributed by atoms with Crippen LogP contribution in [0.1, 0.15) is 16.7 Å². The minimum absolute atomic E-state index is 0.100. The van der Waals surface area contributed by atoms with Crippen LogP contribution in [0.25, 0.3) is 6.08 Å². The number of carbonyl (C=O) groups is 3. The summed E-state index contributed by atoms with van der Waals surface area (Å²) in [6.07, 6.45) is 5.16. The molecule has 1 fully saturated rings. The number of aromatic nitrogens is 2. The van der Waals surface area contributed by atoms with E-state index >= 15 is 0 Å². The van der Waals surface area contributed by atoms with Crippen molar-refractivity contribution in [2.24, 2.45) is 0 Å². The Hall–Kier alpha value is -2.87. The number of imide groups is 1. The fourth-order valence-corrected chi connectivity index (χ4v) is 3.44. The quantitative estimate of drug-likeness (QED) is 0.773. The van der Waals surface area contributed by atoms with Gasteiger partial charge in [0.1, 0.15) is 6.54 Å². The Bertz CT molecular complexity index is 902. The Balaban J connectivity index is 1.53. The summed E-state index contributed by atoms with van der Waals surface area (Å²) in [5, 5.41) is 6.43. The standard InChI is InChI=1S/C19H20N4O3S/c1-13-3-5-15(6-4-13)9-16-18(25)23(19(26)27-16)8-7-20-17(24)12-22-11-14(2)10-21-22/h3-6,9-11H,7-8,12H2,1-2H3,(H,20,24)/b16-9+. The molecule has 0 radical (unpaired) electrons. The largest absolute Gasteiger partial charge is 0.353 e. The molecular formula is C19H20N4O3S. The Morgan fingerprint density at radius 1 is 1.19 bits per heavy atom. The number of rotatable bonds is 6. The molecular weight excluding hydrogens is 364 g/mol. The Labute approximate surface area is 161 Å². The van der Waals surface area contributed by atoms with Crippen LogP contribution in [0, 0.1) is 13.8 Å². The zero-order valence-corrected chi connectivity index (χ0v) is 16.0. The summed E-state index contributed by atoms with van der Waals surface area (Å²) in [4.78, 5) is 38.0. The van der Waals surface area contributed by atoms with Crippen molar-refractivity contribution in [1.82, 2.24) is 20.0 Å². The number of thioether (sulfide) groups is 1. The molecule has 1 aromatic carbocycles. The van der Waals surface area contributed by atoms with E-state index in [1.165, 1.54) is 4.68 Å². The van der Waals surface area contributed by atoms with Gasteiger partial charge in [0.05, 0.1) is 11.1 Å². The van der Waals surface area contributed by atoms with E-state index < -0.39 is 0 Å². The van der Waals surface area contributed by atoms with Crippen molar-refractivity contribution >= 4 is 34.9 Å². The average Bonchev–Trinajstić information content (AvgIpc) is 3.14. The van der Waals surface area contributed by atoms with Crippen LogP contribution >= 0.6 is 11.8 Å². The maximum Gasteiger partial charge on any atom is 0.293 e. The van der Waals surface area contributed by atoms with E-state index in [-0.39, 0.29) is 36.7 Å². The molecule has 1 aromatic heterocycles. The molecule has 1 aliphatic rings. The van der Waals surface area contributed by atoms with Gasteiger partial charge in [-0.05, 0) is 42.8 Å². The fourth-order valence-electron chi connectivity index (χ4n) is 2.57. The van der Waals surface area contributed by atoms with Crippen LogP contribution < -0.4 is 5.32 Å². The number of hydrogen-bond donors (Lipinski definition) is 1. The number of hydrogen-bond acceptors (Lipinski definition) is 5. The van der Waals surface area contributed by atoms with Crippen molar-refractivity contribution in [3.05, 3.63) is 58.3 Å². The summed E-state index contributed by atoms with van der Waals surface area (Å²) in [5.41, 5.74) is 2.97. The molecule has 27 heavy (non-hydrogen) atoms. The Morgan fingerprint density at radius 2 is 1.93 bits per heavy atom. The summed E-state index contributed by atoms with van der Waals surface area (Å²) < 4.78 is 1.54. The fraction of sp³-hybridized carbons (Fsp3) is 0.263. The van der Waals surface area contributed by atoms with Gasteiger partial charge in [-0.25, -0.2) is 0 Å². The molecule has 0 unspecified atom stereocenters. The van der Waals surface area contributed by atoms with E-state index in [1.807, 2.05) is 38.1 Å². The zero-order valence-electron chi connectivity index (χ0n) is 15.1. The molecule has 1 saturated heterocycles. The van der Waals surface area contributed by atoms with Gasteiger partial charge in [0.25, 0.3) is 11.1 Å². The first-order valence-electron chi connectivity index (χ1n) is 8.50. The van der Waals surface area contributed by atoms with Crippen LogP contribution in [0.15, 0.2) is 41.6 Å². The monoisotopic (exact) mass is 384 g/mol. The third-order valence-corrected chi connectivity index (χ3v) is 4.88. The molecule has 8 heteroatoms. The molecule has 1 N–H and O–H groups in total. The molecule has 7 nitrogen and oxygen atoms in total. The lowest BCUT2D eigenvalue weighted by molar-refractivity contribution is -0.124. The van der Waals surface area contributed by atoms with Gasteiger partial charge in [-0.3, -0.25) is 24.0 Å². The van der Waals surface area contributed by atoms with E-state index in [1.54, 1.807) is 18.5 Å². The number of benzene rings is 1. The summed E-state index contributed by atoms with van der Waals surface area (Å²) in [6, 6.07) is 7.71. The van der Waals surface area contributed by atoms with Crippen LogP contribution in [0.3, 0.4) is 0 Å². The van der Waals surface area contributed by atoms with Crippen LogP contribution in [-0.4, -0.2) is 44.8 Å². The van der Waals surface area contributed by atoms with E-state index in [4.69, 9.17) is 0 Å². The van der Waals surface area contributed by atoms with Gasteiger partial charge in [0.2, 0.25) is 5.91 Å². The van der Waals surface area contributed by atoms with Crippen LogP contribution in [-0.2, 0) is 16.1 Å². The van der Waals surface area contributed by atoms with Crippen molar-refractivity contribution in [2.45, 2.75) is 20.4 Å². The van der Waals surface area contributed by atoms with Crippen molar-refractivity contribution < 1.29 is 14.4 Å². The Kier molecular flexibility index (Phi) is 5.75. The summed E-state index contributed by atoms with van der Waals surface area (Å²) in [5.74, 6) is -0.553. The van der Waals surface area contributed by atoms with E-state index in [0.29, 0.717) is 4.91 Å². The maximum atomic E-state index is 12.4. The summed E-state index contributed by atoms with van der Waals surface area (Å²) in [6.45, 7) is 4.32. The molecule has 2 aromatic rings. The highest BCUT2D eigenvalue weighted by Gasteiger charge is 2.34. The van der Waals surface area contributed by atoms with Gasteiger partial charge in [0.15, 0.2) is 0 Å². The number of nitrogens with zero attached hydrogens (tertiary/aromatic N) is 3. The topological polar surface area (TPSA) is 84.3 Å². The highest BCUT2D eigenvalue weighted by atomic mass is 32.2. The number of carbonyl (C=O) groups excluding carboxylic acids is 3. The highest BCUT2D eigenvalue weighted by Crippen LogP contribution is 2.31. The van der Waals surface area contributed by atoms with Crippen LogP contribution in [0.5, 0.6) is 0 Å². The van der Waals surface area contributed by atoms with Crippen LogP contribution in [0.2, 0.25) is 0 Å². The van der Waals surface area contributed by atoms with Gasteiger partial charge < -0.3 is 5.32 Å². The number of nitrogens with one attached hydrogen (secondary N) is 1. The van der Waals surface area contributed by atoms with Crippen molar-refractivity contribution in [2.75, 3.05) is 13.1 Å². The molecule has 0 spiro atoms. The van der Waals surface area contributed by atoms with E-state index in [2.05, 4.69) is 10.4 Å². The molecule has 140 valence electrons. The minimum Gasteiger partial charge on any atom is -0.353 e. The van der Waals surface area contributed by atoms with Crippen molar-refractivity contribution in [3.63, 3.8) is 0 Å². The van der Waals surface area contributed by atoms with Gasteiger partial charge in [-0.15, -0.1) is 0 Å².